The molecule has 35 heavy (non-hydrogen) atoms. The van der Waals surface area contributed by atoms with Crippen molar-refractivity contribution >= 4 is 5.91 Å². The molecule has 194 valence electrons. The highest BCUT2D eigenvalue weighted by Crippen LogP contribution is 2.24. The lowest BCUT2D eigenvalue weighted by Gasteiger charge is -2.23. The van der Waals surface area contributed by atoms with Gasteiger partial charge in [-0.1, -0.05) is 19.9 Å². The summed E-state index contributed by atoms with van der Waals surface area (Å²) in [5, 5.41) is 5.97. The highest BCUT2D eigenvalue weighted by Gasteiger charge is 2.18. The Morgan fingerprint density at radius 2 is 1.74 bits per heavy atom. The van der Waals surface area contributed by atoms with Gasteiger partial charge in [0, 0.05) is 23.2 Å². The molecule has 0 saturated carbocycles. The van der Waals surface area contributed by atoms with Crippen LogP contribution in [-0.4, -0.2) is 57.0 Å². The van der Waals surface area contributed by atoms with E-state index in [1.807, 2.05) is 19.1 Å². The lowest BCUT2D eigenvalue weighted by molar-refractivity contribution is 0.0926. The lowest BCUT2D eigenvalue weighted by Crippen LogP contribution is -2.54. The molecule has 0 aromatic heterocycles. The zero-order valence-corrected chi connectivity index (χ0v) is 21.7. The monoisotopic (exact) mass is 488 g/mol. The fourth-order valence-corrected chi connectivity index (χ4v) is 4.12. The van der Waals surface area contributed by atoms with Crippen molar-refractivity contribution in [2.24, 2.45) is 5.73 Å². The summed E-state index contributed by atoms with van der Waals surface area (Å²) in [5.41, 5.74) is 7.70. The first-order valence-electron chi connectivity index (χ1n) is 12.3. The normalized spacial score (nSPS) is 12.9. The van der Waals surface area contributed by atoms with Crippen LogP contribution < -0.4 is 25.8 Å². The third-order valence-electron chi connectivity index (χ3n) is 6.19. The van der Waals surface area contributed by atoms with Crippen LogP contribution >= 0.6 is 0 Å². The molecular weight excluding hydrogens is 447 g/mol. The van der Waals surface area contributed by atoms with Crippen LogP contribution in [0.25, 0.3) is 0 Å². The lowest BCUT2D eigenvalue weighted by atomic mass is 9.98. The van der Waals surface area contributed by atoms with E-state index in [-0.39, 0.29) is 11.6 Å². The Morgan fingerprint density at radius 1 is 1.09 bits per heavy atom. The van der Waals surface area contributed by atoms with Crippen LogP contribution in [0.5, 0.6) is 11.5 Å². The number of benzene rings is 2. The van der Waals surface area contributed by atoms with Gasteiger partial charge in [0.2, 0.25) is 0 Å². The third-order valence-corrected chi connectivity index (χ3v) is 6.19. The first-order valence-corrected chi connectivity index (χ1v) is 12.3. The molecule has 0 saturated heterocycles. The predicted molar refractivity (Wildman–Crippen MR) is 138 cm³/mol. The van der Waals surface area contributed by atoms with Gasteiger partial charge in [-0.15, -0.1) is 0 Å². The summed E-state index contributed by atoms with van der Waals surface area (Å²) in [4.78, 5) is 15.3. The molecule has 0 radical (unpaired) electrons. The van der Waals surface area contributed by atoms with Crippen LogP contribution in [0.3, 0.4) is 0 Å². The number of halogens is 1. The quantitative estimate of drug-likeness (QED) is 0.331. The highest BCUT2D eigenvalue weighted by molar-refractivity contribution is 5.95. The maximum atomic E-state index is 14.7. The van der Waals surface area contributed by atoms with Crippen LogP contribution in [0, 0.1) is 5.82 Å². The molecular formula is C27H41FN4O3. The van der Waals surface area contributed by atoms with Crippen molar-refractivity contribution in [3.05, 3.63) is 58.9 Å². The highest BCUT2D eigenvalue weighted by atomic mass is 19.1. The molecule has 0 fully saturated rings. The van der Waals surface area contributed by atoms with Crippen LogP contribution in [-0.2, 0) is 12.8 Å². The number of aryl methyl sites for hydroxylation is 1. The molecule has 7 nitrogen and oxygen atoms in total. The molecule has 0 aliphatic carbocycles. The molecule has 8 heteroatoms. The first-order chi connectivity index (χ1) is 16.8. The minimum Gasteiger partial charge on any atom is -0.497 e. The van der Waals surface area contributed by atoms with Gasteiger partial charge in [0.1, 0.15) is 23.6 Å². The number of amides is 1. The van der Waals surface area contributed by atoms with E-state index in [2.05, 4.69) is 29.4 Å². The molecule has 0 aliphatic rings. The SMILES string of the molecule is CCN(CC)CCCC(C)NC(N)NC(=O)c1cccc(F)c1CCc1cc(OC)cc(OC)c1. The first kappa shape index (κ1) is 28.6. The van der Waals surface area contributed by atoms with E-state index < -0.39 is 18.0 Å². The van der Waals surface area contributed by atoms with Gasteiger partial charge in [-0.3, -0.25) is 15.8 Å². The van der Waals surface area contributed by atoms with Gasteiger partial charge in [0.15, 0.2) is 0 Å². The summed E-state index contributed by atoms with van der Waals surface area (Å²) in [5.74, 6) is 0.500. The molecule has 2 aromatic carbocycles. The minimum absolute atomic E-state index is 0.135. The van der Waals surface area contributed by atoms with E-state index in [1.165, 1.54) is 12.1 Å². The van der Waals surface area contributed by atoms with E-state index in [9.17, 15) is 9.18 Å². The smallest absolute Gasteiger partial charge is 0.253 e. The average Bonchev–Trinajstić information content (AvgIpc) is 2.85. The Kier molecular flexibility index (Phi) is 12.0. The number of nitrogens with zero attached hydrogens (tertiary/aromatic N) is 1. The molecule has 4 N–H and O–H groups in total. The van der Waals surface area contributed by atoms with Crippen molar-refractivity contribution in [1.29, 1.82) is 0 Å². The fourth-order valence-electron chi connectivity index (χ4n) is 4.12. The molecule has 0 aliphatic heterocycles. The van der Waals surface area contributed by atoms with Crippen LogP contribution in [0.1, 0.15) is 55.1 Å². The van der Waals surface area contributed by atoms with E-state index in [0.29, 0.717) is 29.9 Å². The largest absolute Gasteiger partial charge is 0.497 e. The van der Waals surface area contributed by atoms with Crippen molar-refractivity contribution in [3.63, 3.8) is 0 Å². The van der Waals surface area contributed by atoms with Crippen LogP contribution in [0.2, 0.25) is 0 Å². The summed E-state index contributed by atoms with van der Waals surface area (Å²) in [7, 11) is 3.17. The topological polar surface area (TPSA) is 88.9 Å². The number of nitrogens with one attached hydrogen (secondary N) is 2. The Balaban J connectivity index is 1.99. The number of rotatable bonds is 15. The Labute approximate surface area is 209 Å². The van der Waals surface area contributed by atoms with Gasteiger partial charge in [-0.05, 0) is 82.1 Å². The molecule has 2 unspecified atom stereocenters. The minimum atomic E-state index is -0.732. The van der Waals surface area contributed by atoms with Crippen LogP contribution in [0.4, 0.5) is 4.39 Å². The van der Waals surface area contributed by atoms with Crippen molar-refractivity contribution in [2.75, 3.05) is 33.9 Å². The molecule has 1 amide bonds. The van der Waals surface area contributed by atoms with E-state index >= 15 is 0 Å². The number of hydrogen-bond donors (Lipinski definition) is 3. The van der Waals surface area contributed by atoms with Gasteiger partial charge >= 0.3 is 0 Å². The molecule has 0 spiro atoms. The van der Waals surface area contributed by atoms with Gasteiger partial charge < -0.3 is 19.7 Å². The zero-order valence-electron chi connectivity index (χ0n) is 21.7. The maximum absolute atomic E-state index is 14.7. The summed E-state index contributed by atoms with van der Waals surface area (Å²) < 4.78 is 25.4. The number of nitrogens with two attached hydrogens (primary N) is 1. The van der Waals surface area contributed by atoms with Gasteiger partial charge in [0.05, 0.1) is 14.2 Å². The Morgan fingerprint density at radius 3 is 2.34 bits per heavy atom. The summed E-state index contributed by atoms with van der Waals surface area (Å²) in [6.07, 6.45) is 2.11. The standard InChI is InChI=1S/C27H41FN4O3/c1-6-32(7-2)15-9-10-19(3)30-27(29)31-26(33)24-11-8-12-25(28)23(24)14-13-20-16-21(34-4)18-22(17-20)35-5/h8,11-12,16-19,27,30H,6-7,9-10,13-15,29H2,1-5H3,(H,31,33). The maximum Gasteiger partial charge on any atom is 0.253 e. The number of ether oxygens (including phenoxy) is 2. The Bertz CT molecular complexity index is 914. The third kappa shape index (κ3) is 9.12. The summed E-state index contributed by atoms with van der Waals surface area (Å²) >= 11 is 0. The fraction of sp³-hybridized carbons (Fsp3) is 0.519. The summed E-state index contributed by atoms with van der Waals surface area (Å²) in [6, 6.07) is 10.2. The second kappa shape index (κ2) is 14.7. The predicted octanol–water partition coefficient (Wildman–Crippen LogP) is 3.70. The van der Waals surface area contributed by atoms with Crippen molar-refractivity contribution in [1.82, 2.24) is 15.5 Å². The number of carbonyl (C=O) groups excluding carboxylic acids is 1. The second-order valence-electron chi connectivity index (χ2n) is 8.67. The Hall–Kier alpha value is -2.68. The van der Waals surface area contributed by atoms with Gasteiger partial charge in [0.25, 0.3) is 5.91 Å². The molecule has 2 rings (SSSR count). The van der Waals surface area contributed by atoms with E-state index in [4.69, 9.17) is 15.2 Å². The molecule has 2 aromatic rings. The molecule has 2 atom stereocenters. The average molecular weight is 489 g/mol. The molecule has 0 heterocycles. The zero-order chi connectivity index (χ0) is 25.8. The van der Waals surface area contributed by atoms with Crippen molar-refractivity contribution < 1.29 is 18.7 Å². The number of hydrogen-bond acceptors (Lipinski definition) is 6. The van der Waals surface area contributed by atoms with Crippen molar-refractivity contribution in [3.8, 4) is 11.5 Å². The number of methoxy groups -OCH3 is 2. The van der Waals surface area contributed by atoms with E-state index in [1.54, 1.807) is 26.4 Å². The summed E-state index contributed by atoms with van der Waals surface area (Å²) in [6.45, 7) is 9.47. The van der Waals surface area contributed by atoms with Gasteiger partial charge in [-0.25, -0.2) is 4.39 Å². The second-order valence-corrected chi connectivity index (χ2v) is 8.67. The van der Waals surface area contributed by atoms with Gasteiger partial charge in [-0.2, -0.15) is 0 Å². The van der Waals surface area contributed by atoms with Crippen LogP contribution in [0.15, 0.2) is 36.4 Å². The van der Waals surface area contributed by atoms with E-state index in [0.717, 1.165) is 38.0 Å². The molecule has 0 bridgehead atoms. The number of carbonyl (C=O) groups is 1. The van der Waals surface area contributed by atoms with Crippen molar-refractivity contribution in [2.45, 2.75) is 58.8 Å².